The fourth-order valence-corrected chi connectivity index (χ4v) is 5.84. The van der Waals surface area contributed by atoms with Gasteiger partial charge in [0.2, 0.25) is 0 Å². The lowest BCUT2D eigenvalue weighted by Gasteiger charge is -2.46. The number of esters is 1. The summed E-state index contributed by atoms with van der Waals surface area (Å²) in [6.07, 6.45) is 0.197. The summed E-state index contributed by atoms with van der Waals surface area (Å²) in [7, 11) is 3.15. The number of nitrogens with zero attached hydrogens (tertiary/aromatic N) is 1. The zero-order chi connectivity index (χ0) is 27.6. The number of ether oxygens (including phenoxy) is 3. The first-order valence-corrected chi connectivity index (χ1v) is 12.7. The van der Waals surface area contributed by atoms with Crippen molar-refractivity contribution in [1.29, 1.82) is 0 Å². The number of benzene rings is 3. The minimum atomic E-state index is -1.45. The third kappa shape index (κ3) is 4.31. The van der Waals surface area contributed by atoms with Crippen LogP contribution in [-0.4, -0.2) is 38.5 Å². The Bertz CT molecular complexity index is 1460. The second-order valence-corrected chi connectivity index (χ2v) is 9.46. The van der Waals surface area contributed by atoms with Crippen molar-refractivity contribution in [2.24, 2.45) is 16.3 Å². The third-order valence-corrected chi connectivity index (χ3v) is 7.48. The molecule has 8 heteroatoms. The molecule has 3 aromatic rings. The number of allylic oxidation sites excluding steroid dienone is 1. The Kier molecular flexibility index (Phi) is 7.11. The van der Waals surface area contributed by atoms with E-state index in [1.807, 2.05) is 66.7 Å². The van der Waals surface area contributed by atoms with Crippen LogP contribution in [0.15, 0.2) is 95.3 Å². The molecule has 2 aliphatic rings. The maximum absolute atomic E-state index is 14.2. The van der Waals surface area contributed by atoms with Crippen molar-refractivity contribution in [2.75, 3.05) is 20.8 Å². The molecule has 39 heavy (non-hydrogen) atoms. The van der Waals surface area contributed by atoms with Gasteiger partial charge in [0.1, 0.15) is 22.6 Å². The summed E-state index contributed by atoms with van der Waals surface area (Å²) in [6, 6.07) is 24.2. The number of hydrogen-bond acceptors (Lipinski definition) is 8. The molecule has 3 aromatic carbocycles. The van der Waals surface area contributed by atoms with Crippen LogP contribution in [0, 0.1) is 5.41 Å². The lowest BCUT2D eigenvalue weighted by Crippen LogP contribution is -2.51. The van der Waals surface area contributed by atoms with Gasteiger partial charge in [0.25, 0.3) is 0 Å². The van der Waals surface area contributed by atoms with Crippen molar-refractivity contribution < 1.29 is 28.6 Å². The van der Waals surface area contributed by atoms with Crippen LogP contribution < -0.4 is 15.2 Å². The summed E-state index contributed by atoms with van der Waals surface area (Å²) in [5.41, 5.74) is 8.38. The first-order valence-electron chi connectivity index (χ1n) is 12.7. The molecule has 0 saturated carbocycles. The Morgan fingerprint density at radius 1 is 0.974 bits per heavy atom. The molecule has 0 fully saturated rings. The Balaban J connectivity index is 1.87. The fourth-order valence-electron chi connectivity index (χ4n) is 5.84. The van der Waals surface area contributed by atoms with Crippen molar-refractivity contribution in [3.05, 3.63) is 107 Å². The molecule has 5 rings (SSSR count). The fraction of sp³-hybridized carbons (Fsp3) is 0.258. The molecule has 8 nitrogen and oxygen atoms in total. The summed E-state index contributed by atoms with van der Waals surface area (Å²) < 4.78 is 16.5. The van der Waals surface area contributed by atoms with Crippen LogP contribution in [0.5, 0.6) is 11.5 Å². The van der Waals surface area contributed by atoms with Crippen molar-refractivity contribution in [3.63, 3.8) is 0 Å². The summed E-state index contributed by atoms with van der Waals surface area (Å²) in [6.45, 7) is 1.88. The average molecular weight is 527 g/mol. The first-order chi connectivity index (χ1) is 18.9. The van der Waals surface area contributed by atoms with E-state index in [1.54, 1.807) is 33.3 Å². The summed E-state index contributed by atoms with van der Waals surface area (Å²) in [5.74, 6) is -1.39. The number of oxime groups is 1. The van der Waals surface area contributed by atoms with E-state index >= 15 is 0 Å². The highest BCUT2D eigenvalue weighted by molar-refractivity contribution is 6.20. The smallest absolute Gasteiger partial charge is 0.348 e. The molecule has 0 saturated heterocycles. The molecule has 3 unspecified atom stereocenters. The minimum Gasteiger partial charge on any atom is -0.497 e. The van der Waals surface area contributed by atoms with E-state index in [2.05, 4.69) is 5.16 Å². The number of carbonyl (C=O) groups excluding carboxylic acids is 2. The van der Waals surface area contributed by atoms with Crippen LogP contribution in [0.25, 0.3) is 0 Å². The number of rotatable bonds is 7. The van der Waals surface area contributed by atoms with Crippen LogP contribution in [-0.2, 0) is 19.2 Å². The summed E-state index contributed by atoms with van der Waals surface area (Å²) >= 11 is 0. The van der Waals surface area contributed by atoms with Gasteiger partial charge in [-0.25, -0.2) is 9.59 Å². The van der Waals surface area contributed by atoms with Crippen LogP contribution in [0.2, 0.25) is 0 Å². The second kappa shape index (κ2) is 10.6. The highest BCUT2D eigenvalue weighted by atomic mass is 16.7. The van der Waals surface area contributed by atoms with Crippen molar-refractivity contribution >= 4 is 17.7 Å². The van der Waals surface area contributed by atoms with Crippen molar-refractivity contribution in [2.45, 2.75) is 25.2 Å². The summed E-state index contributed by atoms with van der Waals surface area (Å²) in [4.78, 5) is 33.3. The molecule has 0 amide bonds. The standard InChI is InChI=1S/C31H30N2O6/c1-4-38-29(34)26-25(32)18-24(20-12-8-14-22(16-20)36-2)31(27(26)21-13-9-15-23(17-21)37-3)28(33-39-30(31)35)19-10-6-5-7-11-19/h5-17,24,27H,4,18,32H2,1-3H3. The maximum atomic E-state index is 14.2. The molecule has 1 heterocycles. The SMILES string of the molecule is CCOC(=O)C1=C(N)CC(c2cccc(OC)c2)C2(C(=O)ON=C2c2ccccc2)C1c1cccc(OC)c1. The third-order valence-electron chi connectivity index (χ3n) is 7.48. The molecular formula is C31H30N2O6. The molecule has 200 valence electrons. The lowest BCUT2D eigenvalue weighted by atomic mass is 9.53. The van der Waals surface area contributed by atoms with E-state index in [0.717, 1.165) is 5.56 Å². The first kappa shape index (κ1) is 26.0. The van der Waals surface area contributed by atoms with Gasteiger partial charge in [0, 0.05) is 23.1 Å². The van der Waals surface area contributed by atoms with Gasteiger partial charge in [-0.3, -0.25) is 0 Å². The van der Waals surface area contributed by atoms with E-state index in [4.69, 9.17) is 24.8 Å². The molecule has 2 N–H and O–H groups in total. The van der Waals surface area contributed by atoms with Crippen molar-refractivity contribution in [3.8, 4) is 11.5 Å². The number of hydrogen-bond donors (Lipinski definition) is 1. The monoisotopic (exact) mass is 526 g/mol. The normalized spacial score (nSPS) is 22.3. The maximum Gasteiger partial charge on any atom is 0.348 e. The number of nitrogens with two attached hydrogens (primary N) is 1. The van der Waals surface area contributed by atoms with Gasteiger partial charge in [-0.15, -0.1) is 0 Å². The highest BCUT2D eigenvalue weighted by Crippen LogP contribution is 2.60. The van der Waals surface area contributed by atoms with E-state index in [1.165, 1.54) is 0 Å². The van der Waals surface area contributed by atoms with Gasteiger partial charge in [0.15, 0.2) is 0 Å². The van der Waals surface area contributed by atoms with Gasteiger partial charge in [0.05, 0.1) is 26.4 Å². The zero-order valence-corrected chi connectivity index (χ0v) is 22.0. The largest absolute Gasteiger partial charge is 0.497 e. The Labute approximate surface area is 227 Å². The molecule has 3 atom stereocenters. The van der Waals surface area contributed by atoms with E-state index in [-0.39, 0.29) is 18.6 Å². The van der Waals surface area contributed by atoms with Gasteiger partial charge >= 0.3 is 11.9 Å². The molecule has 0 aromatic heterocycles. The quantitative estimate of drug-likeness (QED) is 0.351. The van der Waals surface area contributed by atoms with Crippen LogP contribution in [0.4, 0.5) is 0 Å². The molecule has 0 bridgehead atoms. The van der Waals surface area contributed by atoms with Gasteiger partial charge in [-0.2, -0.15) is 0 Å². The Morgan fingerprint density at radius 3 is 2.26 bits per heavy atom. The molecule has 0 radical (unpaired) electrons. The predicted octanol–water partition coefficient (Wildman–Crippen LogP) is 4.70. The highest BCUT2D eigenvalue weighted by Gasteiger charge is 2.65. The summed E-state index contributed by atoms with van der Waals surface area (Å²) in [5, 5.41) is 4.35. The molecule has 1 aliphatic heterocycles. The van der Waals surface area contributed by atoms with Gasteiger partial charge in [-0.1, -0.05) is 59.8 Å². The van der Waals surface area contributed by atoms with E-state index in [9.17, 15) is 9.59 Å². The second-order valence-electron chi connectivity index (χ2n) is 9.46. The van der Waals surface area contributed by atoms with Gasteiger partial charge in [-0.05, 0) is 48.7 Å². The Morgan fingerprint density at radius 2 is 1.62 bits per heavy atom. The molecule has 1 aliphatic carbocycles. The lowest BCUT2D eigenvalue weighted by molar-refractivity contribution is -0.150. The van der Waals surface area contributed by atoms with E-state index in [0.29, 0.717) is 34.0 Å². The van der Waals surface area contributed by atoms with Crippen LogP contribution in [0.3, 0.4) is 0 Å². The van der Waals surface area contributed by atoms with Crippen LogP contribution >= 0.6 is 0 Å². The van der Waals surface area contributed by atoms with Crippen LogP contribution in [0.1, 0.15) is 41.9 Å². The van der Waals surface area contributed by atoms with Crippen molar-refractivity contribution in [1.82, 2.24) is 0 Å². The minimum absolute atomic E-state index is 0.150. The average Bonchev–Trinajstić information content (AvgIpc) is 3.30. The predicted molar refractivity (Wildman–Crippen MR) is 145 cm³/mol. The van der Waals surface area contributed by atoms with Gasteiger partial charge < -0.3 is 24.8 Å². The molecule has 1 spiro atoms. The topological polar surface area (TPSA) is 109 Å². The molecular weight excluding hydrogens is 496 g/mol. The van der Waals surface area contributed by atoms with E-state index < -0.39 is 29.2 Å². The number of carbonyl (C=O) groups is 2. The Hall–Kier alpha value is -4.59. The number of methoxy groups -OCH3 is 2. The zero-order valence-electron chi connectivity index (χ0n) is 22.0.